The second-order valence-corrected chi connectivity index (χ2v) is 5.71. The van der Waals surface area contributed by atoms with Gasteiger partial charge in [-0.05, 0) is 39.8 Å². The van der Waals surface area contributed by atoms with Gasteiger partial charge in [-0.3, -0.25) is 19.2 Å². The Balaban J connectivity index is 2.81. The second-order valence-electron chi connectivity index (χ2n) is 5.71. The Bertz CT molecular complexity index is 586. The first-order valence-corrected chi connectivity index (χ1v) is 7.53. The van der Waals surface area contributed by atoms with E-state index < -0.39 is 23.6 Å². The zero-order valence-electron chi connectivity index (χ0n) is 14.1. The van der Waals surface area contributed by atoms with Gasteiger partial charge in [-0.25, -0.2) is 0 Å². The Hall–Kier alpha value is -2.90. The van der Waals surface area contributed by atoms with Gasteiger partial charge < -0.3 is 21.3 Å². The van der Waals surface area contributed by atoms with Crippen LogP contribution in [0.25, 0.3) is 0 Å². The van der Waals surface area contributed by atoms with E-state index >= 15 is 0 Å². The van der Waals surface area contributed by atoms with Crippen molar-refractivity contribution < 1.29 is 19.2 Å². The summed E-state index contributed by atoms with van der Waals surface area (Å²) in [4.78, 5) is 47.0. The van der Waals surface area contributed by atoms with Crippen LogP contribution >= 0.6 is 0 Å². The molecule has 0 atom stereocenters. The van der Waals surface area contributed by atoms with Crippen LogP contribution in [0.3, 0.4) is 0 Å². The van der Waals surface area contributed by atoms with Crippen molar-refractivity contribution in [3.8, 4) is 0 Å². The molecule has 0 saturated carbocycles. The highest BCUT2D eigenvalue weighted by molar-refractivity contribution is 6.41. The van der Waals surface area contributed by atoms with Crippen LogP contribution in [0.2, 0.25) is 0 Å². The van der Waals surface area contributed by atoms with Gasteiger partial charge in [-0.15, -0.1) is 0 Å². The van der Waals surface area contributed by atoms with Gasteiger partial charge in [0.15, 0.2) is 0 Å². The normalized spacial score (nSPS) is 10.2. The lowest BCUT2D eigenvalue weighted by Crippen LogP contribution is -2.40. The summed E-state index contributed by atoms with van der Waals surface area (Å²) in [5.41, 5.74) is 0.430. The Labute approximate surface area is 140 Å². The zero-order valence-corrected chi connectivity index (χ0v) is 14.1. The van der Waals surface area contributed by atoms with Gasteiger partial charge >= 0.3 is 23.6 Å². The lowest BCUT2D eigenvalue weighted by atomic mass is 10.2. The highest BCUT2D eigenvalue weighted by Crippen LogP contribution is 2.20. The first kappa shape index (κ1) is 19.1. The second kappa shape index (κ2) is 8.66. The van der Waals surface area contributed by atoms with Crippen LogP contribution < -0.4 is 21.3 Å². The highest BCUT2D eigenvalue weighted by atomic mass is 16.2. The molecule has 4 N–H and O–H groups in total. The number of benzene rings is 1. The number of para-hydroxylation sites is 2. The SMILES string of the molecule is CC(C)NC(=O)C(=O)Nc1ccccc1NC(=O)C(=O)NC(C)C. The molecule has 0 aromatic heterocycles. The smallest absolute Gasteiger partial charge is 0.313 e. The first-order chi connectivity index (χ1) is 11.2. The molecule has 1 aromatic carbocycles. The Kier molecular flexibility index (Phi) is 6.91. The van der Waals surface area contributed by atoms with Gasteiger partial charge in [-0.2, -0.15) is 0 Å². The van der Waals surface area contributed by atoms with Crippen LogP contribution in [-0.2, 0) is 19.2 Å². The van der Waals surface area contributed by atoms with Gasteiger partial charge in [0.1, 0.15) is 0 Å². The number of hydrogen-bond donors (Lipinski definition) is 4. The van der Waals surface area contributed by atoms with Crippen LogP contribution in [-0.4, -0.2) is 35.7 Å². The molecule has 0 aliphatic carbocycles. The molecule has 0 aliphatic rings. The molecule has 0 bridgehead atoms. The standard InChI is InChI=1S/C16H22N4O4/c1-9(2)17-13(21)15(23)19-11-7-5-6-8-12(11)20-16(24)14(22)18-10(3)4/h5-10H,1-4H3,(H,17,21)(H,18,22)(H,19,23)(H,20,24). The summed E-state index contributed by atoms with van der Waals surface area (Å²) < 4.78 is 0. The minimum Gasteiger partial charge on any atom is -0.346 e. The van der Waals surface area contributed by atoms with Gasteiger partial charge in [-0.1, -0.05) is 12.1 Å². The van der Waals surface area contributed by atoms with Crippen molar-refractivity contribution in [3.63, 3.8) is 0 Å². The topological polar surface area (TPSA) is 116 Å². The molecule has 0 fully saturated rings. The summed E-state index contributed by atoms with van der Waals surface area (Å²) >= 11 is 0. The number of amides is 4. The van der Waals surface area contributed by atoms with E-state index in [-0.39, 0.29) is 23.5 Å². The maximum Gasteiger partial charge on any atom is 0.313 e. The molecule has 0 heterocycles. The average molecular weight is 334 g/mol. The number of anilines is 2. The van der Waals surface area contributed by atoms with Crippen LogP contribution in [0.5, 0.6) is 0 Å². The van der Waals surface area contributed by atoms with E-state index in [1.165, 1.54) is 12.1 Å². The maximum absolute atomic E-state index is 11.9. The van der Waals surface area contributed by atoms with Gasteiger partial charge in [0.2, 0.25) is 0 Å². The van der Waals surface area contributed by atoms with Crippen LogP contribution in [0.4, 0.5) is 11.4 Å². The van der Waals surface area contributed by atoms with Crippen molar-refractivity contribution in [2.24, 2.45) is 0 Å². The van der Waals surface area contributed by atoms with Crippen LogP contribution in [0.15, 0.2) is 24.3 Å². The number of nitrogens with one attached hydrogen (secondary N) is 4. The van der Waals surface area contributed by atoms with Crippen molar-refractivity contribution in [3.05, 3.63) is 24.3 Å². The number of rotatable bonds is 4. The zero-order chi connectivity index (χ0) is 18.3. The van der Waals surface area contributed by atoms with Gasteiger partial charge in [0.05, 0.1) is 11.4 Å². The molecule has 0 saturated heterocycles. The highest BCUT2D eigenvalue weighted by Gasteiger charge is 2.19. The van der Waals surface area contributed by atoms with E-state index in [4.69, 9.17) is 0 Å². The van der Waals surface area contributed by atoms with Crippen molar-refractivity contribution in [2.45, 2.75) is 39.8 Å². The molecule has 4 amide bonds. The predicted octanol–water partition coefficient (Wildman–Crippen LogP) is 0.613. The van der Waals surface area contributed by atoms with E-state index in [0.29, 0.717) is 0 Å². The molecule has 0 radical (unpaired) electrons. The van der Waals surface area contributed by atoms with Gasteiger partial charge in [0, 0.05) is 12.1 Å². The average Bonchev–Trinajstić information content (AvgIpc) is 2.47. The molecule has 0 unspecified atom stereocenters. The van der Waals surface area contributed by atoms with E-state index in [1.807, 2.05) is 0 Å². The molecule has 130 valence electrons. The minimum atomic E-state index is -0.864. The molecule has 0 spiro atoms. The molecule has 0 aliphatic heterocycles. The van der Waals surface area contributed by atoms with Crippen molar-refractivity contribution in [2.75, 3.05) is 10.6 Å². The molecule has 1 rings (SSSR count). The Morgan fingerprint density at radius 3 is 1.29 bits per heavy atom. The first-order valence-electron chi connectivity index (χ1n) is 7.53. The van der Waals surface area contributed by atoms with Crippen molar-refractivity contribution in [1.82, 2.24) is 10.6 Å². The lowest BCUT2D eigenvalue weighted by Gasteiger charge is -2.13. The fourth-order valence-corrected chi connectivity index (χ4v) is 1.71. The number of hydrogen-bond acceptors (Lipinski definition) is 4. The summed E-state index contributed by atoms with van der Waals surface area (Å²) in [7, 11) is 0. The molecule has 8 heteroatoms. The van der Waals surface area contributed by atoms with Crippen molar-refractivity contribution >= 4 is 35.0 Å². The Morgan fingerprint density at radius 1 is 0.667 bits per heavy atom. The lowest BCUT2D eigenvalue weighted by molar-refractivity contribution is -0.136. The predicted molar refractivity (Wildman–Crippen MR) is 90.3 cm³/mol. The number of carbonyl (C=O) groups excluding carboxylic acids is 4. The third-order valence-corrected chi connectivity index (χ3v) is 2.68. The third-order valence-electron chi connectivity index (χ3n) is 2.68. The molecular weight excluding hydrogens is 312 g/mol. The van der Waals surface area contributed by atoms with Crippen LogP contribution in [0, 0.1) is 0 Å². The summed E-state index contributed by atoms with van der Waals surface area (Å²) in [5.74, 6) is -3.30. The monoisotopic (exact) mass is 334 g/mol. The molecule has 24 heavy (non-hydrogen) atoms. The number of carbonyl (C=O) groups is 4. The van der Waals surface area contributed by atoms with E-state index in [2.05, 4.69) is 21.3 Å². The van der Waals surface area contributed by atoms with Gasteiger partial charge in [0.25, 0.3) is 0 Å². The van der Waals surface area contributed by atoms with E-state index in [0.717, 1.165) is 0 Å². The van der Waals surface area contributed by atoms with E-state index in [1.54, 1.807) is 39.8 Å². The third kappa shape index (κ3) is 6.07. The fraction of sp³-hybridized carbons (Fsp3) is 0.375. The molecular formula is C16H22N4O4. The Morgan fingerprint density at radius 2 is 1.00 bits per heavy atom. The van der Waals surface area contributed by atoms with Crippen LogP contribution in [0.1, 0.15) is 27.7 Å². The summed E-state index contributed by atoms with van der Waals surface area (Å²) in [6, 6.07) is 5.91. The van der Waals surface area contributed by atoms with E-state index in [9.17, 15) is 19.2 Å². The molecule has 8 nitrogen and oxygen atoms in total. The van der Waals surface area contributed by atoms with Crippen molar-refractivity contribution in [1.29, 1.82) is 0 Å². The summed E-state index contributed by atoms with van der Waals surface area (Å²) in [5, 5.41) is 9.73. The summed E-state index contributed by atoms with van der Waals surface area (Å²) in [6.07, 6.45) is 0. The fourth-order valence-electron chi connectivity index (χ4n) is 1.71. The minimum absolute atomic E-state index is 0.182. The largest absolute Gasteiger partial charge is 0.346 e. The summed E-state index contributed by atoms with van der Waals surface area (Å²) in [6.45, 7) is 6.92. The molecule has 1 aromatic rings. The maximum atomic E-state index is 11.9. The quantitative estimate of drug-likeness (QED) is 0.604.